The third-order valence-corrected chi connectivity index (χ3v) is 4.91. The zero-order valence-electron chi connectivity index (χ0n) is 21.5. The number of ether oxygens (including phenoxy) is 1. The van der Waals surface area contributed by atoms with Crippen molar-refractivity contribution in [1.29, 1.82) is 0 Å². The van der Waals surface area contributed by atoms with Crippen molar-refractivity contribution in [3.63, 3.8) is 0 Å². The molecule has 0 aliphatic carbocycles. The molecule has 0 amide bonds. The first-order valence-corrected chi connectivity index (χ1v) is 13.1. The predicted octanol–water partition coefficient (Wildman–Crippen LogP) is 7.39. The van der Waals surface area contributed by atoms with Gasteiger partial charge in [-0.3, -0.25) is 4.79 Å². The van der Waals surface area contributed by atoms with Gasteiger partial charge in [-0.1, -0.05) is 117 Å². The van der Waals surface area contributed by atoms with Crippen LogP contribution in [0.5, 0.6) is 0 Å². The Labute approximate surface area is 190 Å². The van der Waals surface area contributed by atoms with E-state index in [2.05, 4.69) is 30.8 Å². The molecule has 0 fully saturated rings. The van der Waals surface area contributed by atoms with Crippen LogP contribution < -0.4 is 11.1 Å². The Hall–Kier alpha value is -0.610. The van der Waals surface area contributed by atoms with Crippen molar-refractivity contribution in [2.24, 2.45) is 5.73 Å². The predicted molar refractivity (Wildman–Crippen MR) is 135 cm³/mol. The summed E-state index contributed by atoms with van der Waals surface area (Å²) in [5.41, 5.74) is 5.48. The van der Waals surface area contributed by atoms with E-state index < -0.39 is 0 Å². The smallest absolute Gasteiger partial charge is 0.302 e. The lowest BCUT2D eigenvalue weighted by Crippen LogP contribution is -2.09. The molecule has 0 bridgehead atoms. The molecule has 0 aliphatic rings. The SMILES string of the molecule is CCCCCCCCCCCCCCCCCCN.CCNCC.CCOC(C)=O. The molecule has 30 heavy (non-hydrogen) atoms. The van der Waals surface area contributed by atoms with Crippen molar-refractivity contribution >= 4 is 5.97 Å². The second-order valence-electron chi connectivity index (χ2n) is 7.97. The summed E-state index contributed by atoms with van der Waals surface area (Å²) >= 11 is 0. The Morgan fingerprint density at radius 1 is 0.633 bits per heavy atom. The summed E-state index contributed by atoms with van der Waals surface area (Å²) in [6.45, 7) is 13.2. The summed E-state index contributed by atoms with van der Waals surface area (Å²) in [7, 11) is 0. The number of nitrogens with two attached hydrogens (primary N) is 1. The van der Waals surface area contributed by atoms with E-state index >= 15 is 0 Å². The van der Waals surface area contributed by atoms with Gasteiger partial charge in [-0.25, -0.2) is 0 Å². The molecule has 4 nitrogen and oxygen atoms in total. The molecular formula is C26H58N2O2. The van der Waals surface area contributed by atoms with Crippen molar-refractivity contribution in [1.82, 2.24) is 5.32 Å². The van der Waals surface area contributed by atoms with Gasteiger partial charge in [0.25, 0.3) is 0 Å². The minimum atomic E-state index is -0.211. The van der Waals surface area contributed by atoms with Crippen molar-refractivity contribution in [2.45, 2.75) is 137 Å². The summed E-state index contributed by atoms with van der Waals surface area (Å²) < 4.78 is 4.40. The maximum Gasteiger partial charge on any atom is 0.302 e. The van der Waals surface area contributed by atoms with Gasteiger partial charge < -0.3 is 15.8 Å². The molecule has 0 rings (SSSR count). The van der Waals surface area contributed by atoms with Crippen molar-refractivity contribution in [3.8, 4) is 0 Å². The molecule has 0 atom stereocenters. The standard InChI is InChI=1S/C18H39N.C4H11N.C4H8O2/c1-2-3-4-5-6-7-8-9-10-11-12-13-14-15-16-17-18-19;1-3-5-4-2;1-3-6-4(2)5/h2-19H2,1H3;5H,3-4H2,1-2H3;3H2,1-2H3. The van der Waals surface area contributed by atoms with Crippen LogP contribution in [0.2, 0.25) is 0 Å². The van der Waals surface area contributed by atoms with E-state index in [0.29, 0.717) is 6.61 Å². The number of unbranched alkanes of at least 4 members (excludes halogenated alkanes) is 15. The number of esters is 1. The Bertz CT molecular complexity index is 268. The topological polar surface area (TPSA) is 64.3 Å². The fourth-order valence-corrected chi connectivity index (χ4v) is 3.15. The number of rotatable bonds is 19. The van der Waals surface area contributed by atoms with Crippen LogP contribution >= 0.6 is 0 Å². The van der Waals surface area contributed by atoms with Crippen molar-refractivity contribution in [3.05, 3.63) is 0 Å². The molecular weight excluding hydrogens is 372 g/mol. The minimum Gasteiger partial charge on any atom is -0.466 e. The van der Waals surface area contributed by atoms with Crippen LogP contribution in [0.1, 0.15) is 137 Å². The van der Waals surface area contributed by atoms with E-state index in [1.165, 1.54) is 110 Å². The molecule has 0 heterocycles. The molecule has 0 unspecified atom stereocenters. The van der Waals surface area contributed by atoms with E-state index in [4.69, 9.17) is 5.73 Å². The van der Waals surface area contributed by atoms with E-state index in [1.807, 2.05) is 0 Å². The van der Waals surface area contributed by atoms with Gasteiger partial charge in [0, 0.05) is 6.92 Å². The highest BCUT2D eigenvalue weighted by Crippen LogP contribution is 2.13. The van der Waals surface area contributed by atoms with Gasteiger partial charge in [0.1, 0.15) is 0 Å². The molecule has 0 radical (unpaired) electrons. The van der Waals surface area contributed by atoms with Crippen LogP contribution in [-0.4, -0.2) is 32.2 Å². The first-order valence-electron chi connectivity index (χ1n) is 13.1. The third kappa shape index (κ3) is 45.9. The van der Waals surface area contributed by atoms with Crippen LogP contribution in [0.15, 0.2) is 0 Å². The van der Waals surface area contributed by atoms with E-state index in [9.17, 15) is 4.79 Å². The first-order chi connectivity index (χ1) is 14.6. The first kappa shape index (κ1) is 34.0. The van der Waals surface area contributed by atoms with Gasteiger partial charge in [0.2, 0.25) is 0 Å². The molecule has 184 valence electrons. The summed E-state index contributed by atoms with van der Waals surface area (Å²) in [5, 5.41) is 3.11. The van der Waals surface area contributed by atoms with Gasteiger partial charge in [-0.2, -0.15) is 0 Å². The van der Waals surface area contributed by atoms with Gasteiger partial charge in [0.15, 0.2) is 0 Å². The Morgan fingerprint density at radius 3 is 1.13 bits per heavy atom. The number of hydrogen-bond acceptors (Lipinski definition) is 4. The molecule has 0 aromatic heterocycles. The van der Waals surface area contributed by atoms with Crippen LogP contribution in [0.3, 0.4) is 0 Å². The van der Waals surface area contributed by atoms with Gasteiger partial charge in [-0.15, -0.1) is 0 Å². The maximum atomic E-state index is 9.82. The highest BCUT2D eigenvalue weighted by Gasteiger charge is 1.94. The highest BCUT2D eigenvalue weighted by molar-refractivity contribution is 5.65. The summed E-state index contributed by atoms with van der Waals surface area (Å²) in [5.74, 6) is -0.211. The van der Waals surface area contributed by atoms with Crippen LogP contribution in [0, 0.1) is 0 Å². The Kier molecular flexibility index (Phi) is 40.6. The van der Waals surface area contributed by atoms with E-state index in [-0.39, 0.29) is 5.97 Å². The van der Waals surface area contributed by atoms with Crippen LogP contribution in [0.4, 0.5) is 0 Å². The van der Waals surface area contributed by atoms with Crippen LogP contribution in [0.25, 0.3) is 0 Å². The highest BCUT2D eigenvalue weighted by atomic mass is 16.5. The molecule has 0 aromatic rings. The third-order valence-electron chi connectivity index (χ3n) is 4.91. The number of nitrogens with one attached hydrogen (secondary N) is 1. The zero-order valence-corrected chi connectivity index (χ0v) is 21.5. The molecule has 0 saturated carbocycles. The number of carbonyl (C=O) groups excluding carboxylic acids is 1. The van der Waals surface area contributed by atoms with Gasteiger partial charge in [0.05, 0.1) is 6.61 Å². The molecule has 4 heteroatoms. The average Bonchev–Trinajstić information content (AvgIpc) is 2.72. The van der Waals surface area contributed by atoms with Crippen molar-refractivity contribution < 1.29 is 9.53 Å². The number of hydrogen-bond donors (Lipinski definition) is 2. The second-order valence-corrected chi connectivity index (χ2v) is 7.97. The lowest BCUT2D eigenvalue weighted by atomic mass is 10.0. The van der Waals surface area contributed by atoms with E-state index in [0.717, 1.165) is 19.6 Å². The largest absolute Gasteiger partial charge is 0.466 e. The zero-order chi connectivity index (χ0) is 23.1. The summed E-state index contributed by atoms with van der Waals surface area (Å²) in [6.07, 6.45) is 22.9. The van der Waals surface area contributed by atoms with Crippen molar-refractivity contribution in [2.75, 3.05) is 26.2 Å². The Morgan fingerprint density at radius 2 is 0.967 bits per heavy atom. The fraction of sp³-hybridized carbons (Fsp3) is 0.962. The summed E-state index contributed by atoms with van der Waals surface area (Å²) in [6, 6.07) is 0. The molecule has 0 aromatic carbocycles. The Balaban J connectivity index is -0.000000541. The normalized spacial score (nSPS) is 9.93. The minimum absolute atomic E-state index is 0.211. The second kappa shape index (κ2) is 35.8. The summed E-state index contributed by atoms with van der Waals surface area (Å²) in [4.78, 5) is 9.82. The van der Waals surface area contributed by atoms with Crippen LogP contribution in [-0.2, 0) is 9.53 Å². The lowest BCUT2D eigenvalue weighted by molar-refractivity contribution is -0.140. The molecule has 0 spiro atoms. The average molecular weight is 431 g/mol. The maximum absolute atomic E-state index is 9.82. The van der Waals surface area contributed by atoms with Gasteiger partial charge in [-0.05, 0) is 33.0 Å². The fourth-order valence-electron chi connectivity index (χ4n) is 3.15. The quantitative estimate of drug-likeness (QED) is 0.165. The molecule has 3 N–H and O–H groups in total. The molecule has 0 saturated heterocycles. The molecule has 0 aliphatic heterocycles. The van der Waals surface area contributed by atoms with E-state index in [1.54, 1.807) is 6.92 Å². The van der Waals surface area contributed by atoms with Gasteiger partial charge >= 0.3 is 5.97 Å². The number of carbonyl (C=O) groups is 1. The monoisotopic (exact) mass is 430 g/mol. The lowest BCUT2D eigenvalue weighted by Gasteiger charge is -2.03.